The second kappa shape index (κ2) is 1.70. The van der Waals surface area contributed by atoms with Crippen LogP contribution >= 0.6 is 0 Å². The van der Waals surface area contributed by atoms with Gasteiger partial charge in [0.25, 0.3) is 0 Å². The van der Waals surface area contributed by atoms with Gasteiger partial charge >= 0.3 is 0 Å². The normalized spacial score (nSPS) is 39.0. The van der Waals surface area contributed by atoms with Crippen molar-refractivity contribution in [1.29, 1.82) is 0 Å². The lowest BCUT2D eigenvalue weighted by atomic mass is 9.98. The maximum atomic E-state index is 9.16. The summed E-state index contributed by atoms with van der Waals surface area (Å²) in [7, 11) is 0. The van der Waals surface area contributed by atoms with Crippen molar-refractivity contribution in [3.63, 3.8) is 0 Å². The Labute approximate surface area is 54.8 Å². The van der Waals surface area contributed by atoms with Crippen molar-refractivity contribution in [2.24, 2.45) is 5.41 Å². The molecule has 0 unspecified atom stereocenters. The smallest absolute Gasteiger partial charge is 0.0779 e. The summed E-state index contributed by atoms with van der Waals surface area (Å²) in [5, 5.41) is 9.16. The van der Waals surface area contributed by atoms with Crippen molar-refractivity contribution in [2.45, 2.75) is 25.4 Å². The Hall–Kier alpha value is -0.0800. The molecule has 1 heterocycles. The molecule has 2 heteroatoms. The van der Waals surface area contributed by atoms with E-state index in [-0.39, 0.29) is 6.10 Å². The molecule has 2 aliphatic rings. The van der Waals surface area contributed by atoms with E-state index in [9.17, 15) is 0 Å². The van der Waals surface area contributed by atoms with E-state index in [0.717, 1.165) is 13.0 Å². The molecule has 2 rings (SSSR count). The lowest BCUT2D eigenvalue weighted by molar-refractivity contribution is -0.0447. The molecule has 1 spiro atoms. The van der Waals surface area contributed by atoms with Crippen molar-refractivity contribution in [3.05, 3.63) is 0 Å². The third kappa shape index (κ3) is 0.970. The number of aliphatic hydroxyl groups excluding tert-OH is 1. The molecule has 0 aromatic heterocycles. The van der Waals surface area contributed by atoms with Crippen LogP contribution in [0.15, 0.2) is 0 Å². The molecule has 2 nitrogen and oxygen atoms in total. The fraction of sp³-hybridized carbons (Fsp3) is 1.00. The molecule has 0 aromatic carbocycles. The molecule has 1 N–H and O–H groups in total. The summed E-state index contributed by atoms with van der Waals surface area (Å²) in [6.45, 7) is 1.45. The molecular weight excluding hydrogens is 116 g/mol. The molecule has 9 heavy (non-hydrogen) atoms. The number of hydrogen-bond donors (Lipinski definition) is 1. The fourth-order valence-corrected chi connectivity index (χ4v) is 1.55. The van der Waals surface area contributed by atoms with Crippen LogP contribution in [-0.4, -0.2) is 24.4 Å². The third-order valence-corrected chi connectivity index (χ3v) is 2.34. The molecule has 1 saturated heterocycles. The lowest BCUT2D eigenvalue weighted by Gasteiger charge is -2.25. The average Bonchev–Trinajstić information content (AvgIpc) is 2.49. The highest BCUT2D eigenvalue weighted by atomic mass is 16.5. The molecule has 0 bridgehead atoms. The number of ether oxygens (including phenoxy) is 1. The fourth-order valence-electron chi connectivity index (χ4n) is 1.55. The molecular formula is C7H12O2. The van der Waals surface area contributed by atoms with E-state index in [4.69, 9.17) is 9.84 Å². The van der Waals surface area contributed by atoms with E-state index in [0.29, 0.717) is 12.0 Å². The van der Waals surface area contributed by atoms with Gasteiger partial charge in [-0.25, -0.2) is 0 Å². The predicted octanol–water partition coefficient (Wildman–Crippen LogP) is 0.548. The van der Waals surface area contributed by atoms with Gasteiger partial charge in [0.15, 0.2) is 0 Å². The summed E-state index contributed by atoms with van der Waals surface area (Å²) < 4.78 is 5.21. The Kier molecular flexibility index (Phi) is 1.08. The number of hydrogen-bond acceptors (Lipinski definition) is 2. The van der Waals surface area contributed by atoms with E-state index in [1.165, 1.54) is 12.8 Å². The monoisotopic (exact) mass is 128 g/mol. The van der Waals surface area contributed by atoms with Crippen LogP contribution in [0.1, 0.15) is 19.3 Å². The Morgan fingerprint density at radius 1 is 1.44 bits per heavy atom. The first-order valence-corrected chi connectivity index (χ1v) is 3.57. The second-order valence-corrected chi connectivity index (χ2v) is 3.37. The van der Waals surface area contributed by atoms with E-state index < -0.39 is 0 Å². The van der Waals surface area contributed by atoms with Crippen LogP contribution in [0.4, 0.5) is 0 Å². The maximum absolute atomic E-state index is 9.16. The molecule has 1 aliphatic carbocycles. The van der Waals surface area contributed by atoms with Crippen LogP contribution < -0.4 is 0 Å². The Morgan fingerprint density at radius 3 is 2.67 bits per heavy atom. The zero-order chi connectivity index (χ0) is 6.32. The van der Waals surface area contributed by atoms with Crippen molar-refractivity contribution < 1.29 is 9.84 Å². The minimum atomic E-state index is -0.179. The van der Waals surface area contributed by atoms with Crippen LogP contribution in [-0.2, 0) is 4.74 Å². The van der Waals surface area contributed by atoms with Crippen molar-refractivity contribution in [3.8, 4) is 0 Å². The molecule has 2 fully saturated rings. The highest BCUT2D eigenvalue weighted by Gasteiger charge is 2.46. The lowest BCUT2D eigenvalue weighted by Crippen LogP contribution is -2.30. The van der Waals surface area contributed by atoms with Gasteiger partial charge in [0, 0.05) is 0 Å². The average molecular weight is 128 g/mol. The third-order valence-electron chi connectivity index (χ3n) is 2.34. The van der Waals surface area contributed by atoms with Gasteiger partial charge in [0.2, 0.25) is 0 Å². The van der Waals surface area contributed by atoms with Gasteiger partial charge in [-0.05, 0) is 24.7 Å². The molecule has 1 aliphatic heterocycles. The number of aliphatic hydroxyl groups is 1. The zero-order valence-electron chi connectivity index (χ0n) is 5.47. The van der Waals surface area contributed by atoms with Crippen LogP contribution in [0, 0.1) is 5.41 Å². The largest absolute Gasteiger partial charge is 0.391 e. The van der Waals surface area contributed by atoms with Gasteiger partial charge < -0.3 is 9.84 Å². The molecule has 0 aromatic rings. The van der Waals surface area contributed by atoms with E-state index >= 15 is 0 Å². The quantitative estimate of drug-likeness (QED) is 0.516. The van der Waals surface area contributed by atoms with E-state index in [1.54, 1.807) is 0 Å². The van der Waals surface area contributed by atoms with Gasteiger partial charge in [-0.3, -0.25) is 0 Å². The van der Waals surface area contributed by atoms with Crippen molar-refractivity contribution in [1.82, 2.24) is 0 Å². The summed E-state index contributed by atoms with van der Waals surface area (Å²) in [6.07, 6.45) is 3.34. The Balaban J connectivity index is 1.96. The van der Waals surface area contributed by atoms with Gasteiger partial charge in [0.05, 0.1) is 19.3 Å². The standard InChI is InChI=1S/C7H12O2/c8-6-3-7(1-2-7)5-9-4-6/h6,8H,1-5H2/t6-/m1/s1. The summed E-state index contributed by atoms with van der Waals surface area (Å²) in [4.78, 5) is 0. The molecule has 52 valence electrons. The van der Waals surface area contributed by atoms with E-state index in [2.05, 4.69) is 0 Å². The van der Waals surface area contributed by atoms with Crippen LogP contribution in [0.25, 0.3) is 0 Å². The highest BCUT2D eigenvalue weighted by molar-refractivity contribution is 4.96. The summed E-state index contributed by atoms with van der Waals surface area (Å²) in [6, 6.07) is 0. The molecule has 1 saturated carbocycles. The second-order valence-electron chi connectivity index (χ2n) is 3.37. The molecule has 0 radical (unpaired) electrons. The molecule has 0 amide bonds. The first kappa shape index (κ1) is 5.69. The predicted molar refractivity (Wildman–Crippen MR) is 33.1 cm³/mol. The maximum Gasteiger partial charge on any atom is 0.0779 e. The first-order chi connectivity index (χ1) is 4.31. The summed E-state index contributed by atoms with van der Waals surface area (Å²) >= 11 is 0. The Bertz CT molecular complexity index is 118. The number of rotatable bonds is 0. The topological polar surface area (TPSA) is 29.5 Å². The minimum Gasteiger partial charge on any atom is -0.391 e. The first-order valence-electron chi connectivity index (χ1n) is 3.57. The highest BCUT2D eigenvalue weighted by Crippen LogP contribution is 2.51. The van der Waals surface area contributed by atoms with Crippen molar-refractivity contribution >= 4 is 0 Å². The summed E-state index contributed by atoms with van der Waals surface area (Å²) in [5.74, 6) is 0. The minimum absolute atomic E-state index is 0.179. The summed E-state index contributed by atoms with van der Waals surface area (Å²) in [5.41, 5.74) is 0.428. The van der Waals surface area contributed by atoms with Crippen molar-refractivity contribution in [2.75, 3.05) is 13.2 Å². The van der Waals surface area contributed by atoms with Gasteiger partial charge in [-0.15, -0.1) is 0 Å². The van der Waals surface area contributed by atoms with E-state index in [1.807, 2.05) is 0 Å². The molecule has 1 atom stereocenters. The van der Waals surface area contributed by atoms with Crippen LogP contribution in [0.2, 0.25) is 0 Å². The van der Waals surface area contributed by atoms with Gasteiger partial charge in [-0.1, -0.05) is 0 Å². The van der Waals surface area contributed by atoms with Crippen LogP contribution in [0.5, 0.6) is 0 Å². The van der Waals surface area contributed by atoms with Gasteiger partial charge in [0.1, 0.15) is 0 Å². The van der Waals surface area contributed by atoms with Crippen LogP contribution in [0.3, 0.4) is 0 Å². The SMILES string of the molecule is O[C@H]1COCC2(CC2)C1. The van der Waals surface area contributed by atoms with Gasteiger partial charge in [-0.2, -0.15) is 0 Å². The zero-order valence-corrected chi connectivity index (χ0v) is 5.47. The Morgan fingerprint density at radius 2 is 2.22 bits per heavy atom.